The Balaban J connectivity index is 2.69. The van der Waals surface area contributed by atoms with Gasteiger partial charge in [-0.25, -0.2) is 4.39 Å². The van der Waals surface area contributed by atoms with Gasteiger partial charge in [0.1, 0.15) is 5.82 Å². The summed E-state index contributed by atoms with van der Waals surface area (Å²) in [4.78, 5) is 0. The number of rotatable bonds is 4. The first-order valence-corrected chi connectivity index (χ1v) is 5.02. The highest BCUT2D eigenvalue weighted by molar-refractivity contribution is 5.95. The molecule has 3 nitrogen and oxygen atoms in total. The van der Waals surface area contributed by atoms with Crippen molar-refractivity contribution < 1.29 is 4.39 Å². The highest BCUT2D eigenvalue weighted by atomic mass is 19.1. The van der Waals surface area contributed by atoms with Gasteiger partial charge in [0.15, 0.2) is 0 Å². The fraction of sp³-hybridized carbons (Fsp3) is 0.250. The van der Waals surface area contributed by atoms with Gasteiger partial charge < -0.3 is 10.8 Å². The van der Waals surface area contributed by atoms with Gasteiger partial charge in [0, 0.05) is 11.4 Å². The van der Waals surface area contributed by atoms with Crippen molar-refractivity contribution in [2.24, 2.45) is 0 Å². The summed E-state index contributed by atoms with van der Waals surface area (Å²) >= 11 is 0. The molecule has 0 aromatic heterocycles. The van der Waals surface area contributed by atoms with E-state index in [2.05, 4.69) is 10.9 Å². The molecule has 0 atom stereocenters. The predicted octanol–water partition coefficient (Wildman–Crippen LogP) is 3.08. The maximum absolute atomic E-state index is 13.2. The molecule has 0 amide bonds. The minimum atomic E-state index is -0.313. The quantitative estimate of drug-likeness (QED) is 0.540. The molecule has 3 N–H and O–H groups in total. The van der Waals surface area contributed by atoms with Crippen molar-refractivity contribution in [3.8, 4) is 0 Å². The van der Waals surface area contributed by atoms with Gasteiger partial charge in [0.05, 0.1) is 5.69 Å². The summed E-state index contributed by atoms with van der Waals surface area (Å²) < 4.78 is 13.2. The average Bonchev–Trinajstić information content (AvgIpc) is 2.26. The molecular weight excluding hydrogens is 205 g/mol. The van der Waals surface area contributed by atoms with Crippen LogP contribution in [0.4, 0.5) is 10.1 Å². The smallest absolute Gasteiger partial charge is 0.148 e. The van der Waals surface area contributed by atoms with Crippen LogP contribution in [0.15, 0.2) is 35.5 Å². The van der Waals surface area contributed by atoms with E-state index in [4.69, 9.17) is 5.41 Å². The van der Waals surface area contributed by atoms with Crippen LogP contribution in [0.1, 0.15) is 20.8 Å². The molecule has 0 aliphatic carbocycles. The van der Waals surface area contributed by atoms with Crippen molar-refractivity contribution in [1.82, 2.24) is 5.43 Å². The number of hydrogen-bond acceptors (Lipinski definition) is 3. The van der Waals surface area contributed by atoms with Crippen molar-refractivity contribution >= 4 is 11.4 Å². The monoisotopic (exact) mass is 221 g/mol. The van der Waals surface area contributed by atoms with Crippen molar-refractivity contribution in [2.45, 2.75) is 20.8 Å². The Kier molecular flexibility index (Phi) is 4.05. The lowest BCUT2D eigenvalue weighted by Gasteiger charge is -2.13. The number of para-hydroxylation sites is 1. The average molecular weight is 221 g/mol. The van der Waals surface area contributed by atoms with Gasteiger partial charge in [0.25, 0.3) is 0 Å². The molecule has 0 aliphatic rings. The molecule has 0 spiro atoms. The van der Waals surface area contributed by atoms with E-state index < -0.39 is 0 Å². The number of nitrogens with one attached hydrogen (secondary N) is 3. The first-order chi connectivity index (χ1) is 7.52. The van der Waals surface area contributed by atoms with Crippen LogP contribution in [-0.4, -0.2) is 5.71 Å². The SMILES string of the molecule is CC(=N)C(C)=C(C)NNc1ccccc1F. The van der Waals surface area contributed by atoms with Crippen molar-refractivity contribution in [3.63, 3.8) is 0 Å². The molecule has 16 heavy (non-hydrogen) atoms. The summed E-state index contributed by atoms with van der Waals surface area (Å²) in [5.41, 5.74) is 8.15. The van der Waals surface area contributed by atoms with Crippen molar-refractivity contribution in [2.75, 3.05) is 5.43 Å². The van der Waals surface area contributed by atoms with Crippen molar-refractivity contribution in [3.05, 3.63) is 41.4 Å². The standard InChI is InChI=1S/C12H16FN3/c1-8(9(2)14)10(3)15-16-12-7-5-4-6-11(12)13/h4-7,14-16H,1-3H3. The van der Waals surface area contributed by atoms with Crippen LogP contribution in [0.25, 0.3) is 0 Å². The zero-order chi connectivity index (χ0) is 12.1. The van der Waals surface area contributed by atoms with Crippen LogP contribution in [0.3, 0.4) is 0 Å². The zero-order valence-electron chi connectivity index (χ0n) is 9.69. The highest BCUT2D eigenvalue weighted by Gasteiger charge is 2.01. The fourth-order valence-electron chi connectivity index (χ4n) is 1.10. The molecule has 86 valence electrons. The van der Waals surface area contributed by atoms with Crippen LogP contribution in [0.5, 0.6) is 0 Å². The molecule has 1 aromatic carbocycles. The number of hydrogen-bond donors (Lipinski definition) is 3. The van der Waals surface area contributed by atoms with Crippen LogP contribution in [0.2, 0.25) is 0 Å². The third-order valence-corrected chi connectivity index (χ3v) is 2.38. The lowest BCUT2D eigenvalue weighted by molar-refractivity contribution is 0.628. The molecule has 0 saturated heterocycles. The van der Waals surface area contributed by atoms with E-state index in [1.165, 1.54) is 6.07 Å². The van der Waals surface area contributed by atoms with E-state index >= 15 is 0 Å². The number of anilines is 1. The highest BCUT2D eigenvalue weighted by Crippen LogP contribution is 2.11. The van der Waals surface area contributed by atoms with Gasteiger partial charge in [-0.3, -0.25) is 5.43 Å². The third-order valence-electron chi connectivity index (χ3n) is 2.38. The van der Waals surface area contributed by atoms with E-state index in [9.17, 15) is 4.39 Å². The summed E-state index contributed by atoms with van der Waals surface area (Å²) in [5, 5.41) is 7.46. The van der Waals surface area contributed by atoms with Crippen LogP contribution in [-0.2, 0) is 0 Å². The Labute approximate surface area is 94.9 Å². The van der Waals surface area contributed by atoms with Crippen LogP contribution < -0.4 is 10.9 Å². The second-order valence-electron chi connectivity index (χ2n) is 3.60. The molecule has 0 saturated carbocycles. The van der Waals surface area contributed by atoms with E-state index in [1.807, 2.05) is 13.8 Å². The normalized spacial score (nSPS) is 11.8. The van der Waals surface area contributed by atoms with Gasteiger partial charge in [-0.05, 0) is 38.5 Å². The van der Waals surface area contributed by atoms with Gasteiger partial charge in [-0.1, -0.05) is 12.1 Å². The number of halogens is 1. The number of hydrazine groups is 1. The second kappa shape index (κ2) is 5.30. The molecule has 0 heterocycles. The first kappa shape index (κ1) is 12.2. The molecule has 0 fully saturated rings. The Hall–Kier alpha value is -1.84. The summed E-state index contributed by atoms with van der Waals surface area (Å²) in [6.45, 7) is 5.39. The Morgan fingerprint density at radius 3 is 2.38 bits per heavy atom. The Morgan fingerprint density at radius 2 is 1.81 bits per heavy atom. The van der Waals surface area contributed by atoms with E-state index in [1.54, 1.807) is 25.1 Å². The molecule has 0 aliphatic heterocycles. The van der Waals surface area contributed by atoms with Gasteiger partial charge >= 0.3 is 0 Å². The summed E-state index contributed by atoms with van der Waals surface area (Å²) in [5.74, 6) is -0.313. The molecule has 1 aromatic rings. The fourth-order valence-corrected chi connectivity index (χ4v) is 1.10. The molecule has 4 heteroatoms. The molecule has 0 bridgehead atoms. The van der Waals surface area contributed by atoms with Crippen LogP contribution in [0, 0.1) is 11.2 Å². The maximum Gasteiger partial charge on any atom is 0.148 e. The minimum Gasteiger partial charge on any atom is -0.305 e. The molecule has 0 radical (unpaired) electrons. The number of benzene rings is 1. The second-order valence-corrected chi connectivity index (χ2v) is 3.60. The number of allylic oxidation sites excluding steroid dienone is 2. The van der Waals surface area contributed by atoms with Gasteiger partial charge in [-0.15, -0.1) is 0 Å². The topological polar surface area (TPSA) is 47.9 Å². The van der Waals surface area contributed by atoms with E-state index in [0.717, 1.165) is 11.3 Å². The third kappa shape index (κ3) is 3.08. The van der Waals surface area contributed by atoms with Crippen molar-refractivity contribution in [1.29, 1.82) is 5.41 Å². The molecule has 0 unspecified atom stereocenters. The Morgan fingerprint density at radius 1 is 1.19 bits per heavy atom. The van der Waals surface area contributed by atoms with E-state index in [-0.39, 0.29) is 5.82 Å². The van der Waals surface area contributed by atoms with Crippen LogP contribution >= 0.6 is 0 Å². The Bertz CT molecular complexity index is 424. The summed E-state index contributed by atoms with van der Waals surface area (Å²) in [6, 6.07) is 6.41. The largest absolute Gasteiger partial charge is 0.305 e. The first-order valence-electron chi connectivity index (χ1n) is 5.02. The summed E-state index contributed by atoms with van der Waals surface area (Å²) in [7, 11) is 0. The molecule has 1 rings (SSSR count). The predicted molar refractivity (Wildman–Crippen MR) is 64.9 cm³/mol. The minimum absolute atomic E-state index is 0.313. The lowest BCUT2D eigenvalue weighted by atomic mass is 10.2. The molecular formula is C12H16FN3. The lowest BCUT2D eigenvalue weighted by Crippen LogP contribution is -2.22. The maximum atomic E-state index is 13.2. The zero-order valence-corrected chi connectivity index (χ0v) is 9.69. The van der Waals surface area contributed by atoms with E-state index in [0.29, 0.717) is 11.4 Å². The van der Waals surface area contributed by atoms with Gasteiger partial charge in [-0.2, -0.15) is 0 Å². The van der Waals surface area contributed by atoms with Gasteiger partial charge in [0.2, 0.25) is 0 Å². The summed E-state index contributed by atoms with van der Waals surface area (Å²) in [6.07, 6.45) is 0.